The van der Waals surface area contributed by atoms with E-state index >= 15 is 0 Å². The molecule has 0 N–H and O–H groups in total. The Hall–Kier alpha value is -2.14. The van der Waals surface area contributed by atoms with Gasteiger partial charge in [-0.05, 0) is 24.6 Å². The van der Waals surface area contributed by atoms with Crippen LogP contribution in [-0.2, 0) is 26.0 Å². The third-order valence-corrected chi connectivity index (χ3v) is 5.41. The molecule has 0 amide bonds. The summed E-state index contributed by atoms with van der Waals surface area (Å²) in [4.78, 5) is 12.2. The molecule has 0 saturated heterocycles. The number of benzene rings is 2. The van der Waals surface area contributed by atoms with Gasteiger partial charge in [-0.1, -0.05) is 55.0 Å². The minimum atomic E-state index is -3.51. The third-order valence-electron chi connectivity index (χ3n) is 3.48. The summed E-state index contributed by atoms with van der Waals surface area (Å²) in [5.41, 5.74) is 1.86. The average Bonchev–Trinajstić information content (AvgIpc) is 2.53. The molecule has 0 fully saturated rings. The second-order valence-electron chi connectivity index (χ2n) is 5.59. The average molecular weight is 332 g/mol. The molecule has 23 heavy (non-hydrogen) atoms. The van der Waals surface area contributed by atoms with Crippen molar-refractivity contribution in [3.8, 4) is 0 Å². The second kappa shape index (κ2) is 7.42. The maximum atomic E-state index is 12.3. The summed E-state index contributed by atoms with van der Waals surface area (Å²) < 4.78 is 29.8. The van der Waals surface area contributed by atoms with E-state index in [0.29, 0.717) is 0 Å². The Labute approximate surface area is 137 Å². The SMILES string of the molecule is Cc1ccc(S(=O)(=O)CC(C)C(=O)OCc2ccccc2)cc1. The molecule has 122 valence electrons. The van der Waals surface area contributed by atoms with E-state index in [0.717, 1.165) is 11.1 Å². The maximum absolute atomic E-state index is 12.3. The molecule has 0 radical (unpaired) electrons. The van der Waals surface area contributed by atoms with Crippen LogP contribution in [0.4, 0.5) is 0 Å². The van der Waals surface area contributed by atoms with Crippen molar-refractivity contribution in [3.05, 3.63) is 65.7 Å². The van der Waals surface area contributed by atoms with Gasteiger partial charge in [0, 0.05) is 0 Å². The molecule has 5 heteroatoms. The van der Waals surface area contributed by atoms with Crippen molar-refractivity contribution in [2.75, 3.05) is 5.75 Å². The first-order chi connectivity index (χ1) is 10.9. The molecule has 0 aromatic heterocycles. The normalized spacial score (nSPS) is 12.6. The van der Waals surface area contributed by atoms with E-state index in [4.69, 9.17) is 4.74 Å². The Balaban J connectivity index is 1.96. The van der Waals surface area contributed by atoms with Crippen LogP contribution < -0.4 is 0 Å². The molecule has 2 rings (SSSR count). The summed E-state index contributed by atoms with van der Waals surface area (Å²) in [6.45, 7) is 3.60. The fourth-order valence-electron chi connectivity index (χ4n) is 2.11. The smallest absolute Gasteiger partial charge is 0.310 e. The van der Waals surface area contributed by atoms with E-state index in [9.17, 15) is 13.2 Å². The van der Waals surface area contributed by atoms with Gasteiger partial charge in [-0.3, -0.25) is 4.79 Å². The zero-order valence-corrected chi connectivity index (χ0v) is 14.0. The van der Waals surface area contributed by atoms with Gasteiger partial charge in [-0.15, -0.1) is 0 Å². The van der Waals surface area contributed by atoms with Gasteiger partial charge in [0.25, 0.3) is 0 Å². The number of carbonyl (C=O) groups is 1. The van der Waals surface area contributed by atoms with Crippen molar-refractivity contribution < 1.29 is 17.9 Å². The van der Waals surface area contributed by atoms with Crippen molar-refractivity contribution in [1.82, 2.24) is 0 Å². The van der Waals surface area contributed by atoms with Crippen LogP contribution in [0.25, 0.3) is 0 Å². The monoisotopic (exact) mass is 332 g/mol. The summed E-state index contributed by atoms with van der Waals surface area (Å²) in [5, 5.41) is 0. The van der Waals surface area contributed by atoms with Crippen LogP contribution in [0.1, 0.15) is 18.1 Å². The molecule has 4 nitrogen and oxygen atoms in total. The molecule has 0 bridgehead atoms. The van der Waals surface area contributed by atoms with Crippen LogP contribution in [0, 0.1) is 12.8 Å². The summed E-state index contributed by atoms with van der Waals surface area (Å²) in [6, 6.07) is 15.9. The minimum absolute atomic E-state index is 0.147. The predicted molar refractivity (Wildman–Crippen MR) is 88.6 cm³/mol. The Bertz CT molecular complexity index is 749. The molecule has 0 spiro atoms. The molecule has 2 aromatic rings. The predicted octanol–water partition coefficient (Wildman–Crippen LogP) is 3.15. The molecular weight excluding hydrogens is 312 g/mol. The Morgan fingerprint density at radius 3 is 2.26 bits per heavy atom. The molecule has 2 aromatic carbocycles. The number of sulfone groups is 1. The summed E-state index contributed by atoms with van der Waals surface area (Å²) in [7, 11) is -3.51. The van der Waals surface area contributed by atoms with Gasteiger partial charge in [-0.2, -0.15) is 0 Å². The van der Waals surface area contributed by atoms with Gasteiger partial charge in [-0.25, -0.2) is 8.42 Å². The van der Waals surface area contributed by atoms with Crippen LogP contribution in [0.3, 0.4) is 0 Å². The van der Waals surface area contributed by atoms with E-state index < -0.39 is 21.7 Å². The number of rotatable bonds is 6. The van der Waals surface area contributed by atoms with Crippen LogP contribution in [0.2, 0.25) is 0 Å². The zero-order valence-electron chi connectivity index (χ0n) is 13.2. The molecule has 0 aliphatic carbocycles. The summed E-state index contributed by atoms with van der Waals surface area (Å²) >= 11 is 0. The van der Waals surface area contributed by atoms with Gasteiger partial charge in [0.15, 0.2) is 9.84 Å². The minimum Gasteiger partial charge on any atom is -0.461 e. The first kappa shape index (κ1) is 17.2. The highest BCUT2D eigenvalue weighted by Crippen LogP contribution is 2.16. The number of aryl methyl sites for hydroxylation is 1. The highest BCUT2D eigenvalue weighted by molar-refractivity contribution is 7.91. The fraction of sp³-hybridized carbons (Fsp3) is 0.278. The standard InChI is InChI=1S/C18H20O4S/c1-14-8-10-17(11-9-14)23(20,21)13-15(2)18(19)22-12-16-6-4-3-5-7-16/h3-11,15H,12-13H2,1-2H3. The van der Waals surface area contributed by atoms with Gasteiger partial charge < -0.3 is 4.74 Å². The highest BCUT2D eigenvalue weighted by Gasteiger charge is 2.24. The number of esters is 1. The lowest BCUT2D eigenvalue weighted by atomic mass is 10.2. The van der Waals surface area contributed by atoms with E-state index in [1.807, 2.05) is 37.3 Å². The maximum Gasteiger partial charge on any atom is 0.310 e. The van der Waals surface area contributed by atoms with Gasteiger partial charge in [0.05, 0.1) is 16.6 Å². The van der Waals surface area contributed by atoms with Crippen molar-refractivity contribution in [1.29, 1.82) is 0 Å². The fourth-order valence-corrected chi connectivity index (χ4v) is 3.65. The highest BCUT2D eigenvalue weighted by atomic mass is 32.2. The summed E-state index contributed by atoms with van der Waals surface area (Å²) in [6.07, 6.45) is 0. The van der Waals surface area contributed by atoms with E-state index in [-0.39, 0.29) is 17.3 Å². The van der Waals surface area contributed by atoms with Gasteiger partial charge in [0.1, 0.15) is 6.61 Å². The quantitative estimate of drug-likeness (QED) is 0.763. The second-order valence-corrected chi connectivity index (χ2v) is 7.62. The number of hydrogen-bond acceptors (Lipinski definition) is 4. The Kier molecular flexibility index (Phi) is 5.55. The largest absolute Gasteiger partial charge is 0.461 e. The molecule has 0 aliphatic heterocycles. The molecule has 1 unspecified atom stereocenters. The van der Waals surface area contributed by atoms with Crippen molar-refractivity contribution in [2.24, 2.45) is 5.92 Å². The van der Waals surface area contributed by atoms with Crippen LogP contribution in [-0.4, -0.2) is 20.1 Å². The first-order valence-corrected chi connectivity index (χ1v) is 9.04. The van der Waals surface area contributed by atoms with Crippen LogP contribution in [0.5, 0.6) is 0 Å². The molecular formula is C18H20O4S. The zero-order chi connectivity index (χ0) is 16.9. The molecule has 0 saturated carbocycles. The lowest BCUT2D eigenvalue weighted by molar-refractivity contribution is -0.148. The number of ether oxygens (including phenoxy) is 1. The molecule has 0 aliphatic rings. The van der Waals surface area contributed by atoms with E-state index in [1.54, 1.807) is 31.2 Å². The molecule has 0 heterocycles. The summed E-state index contributed by atoms with van der Waals surface area (Å²) in [5.74, 6) is -1.49. The van der Waals surface area contributed by atoms with Crippen molar-refractivity contribution >= 4 is 15.8 Å². The van der Waals surface area contributed by atoms with Gasteiger partial charge >= 0.3 is 5.97 Å². The van der Waals surface area contributed by atoms with Crippen LogP contribution >= 0.6 is 0 Å². The van der Waals surface area contributed by atoms with Gasteiger partial charge in [0.2, 0.25) is 0 Å². The van der Waals surface area contributed by atoms with E-state index in [2.05, 4.69) is 0 Å². The van der Waals surface area contributed by atoms with Crippen molar-refractivity contribution in [3.63, 3.8) is 0 Å². The topological polar surface area (TPSA) is 60.4 Å². The Morgan fingerprint density at radius 2 is 1.65 bits per heavy atom. The van der Waals surface area contributed by atoms with Crippen LogP contribution in [0.15, 0.2) is 59.5 Å². The number of carbonyl (C=O) groups excluding carboxylic acids is 1. The van der Waals surface area contributed by atoms with E-state index in [1.165, 1.54) is 0 Å². The Morgan fingerprint density at radius 1 is 1.04 bits per heavy atom. The first-order valence-electron chi connectivity index (χ1n) is 7.38. The van der Waals surface area contributed by atoms with Crippen molar-refractivity contribution in [2.45, 2.75) is 25.3 Å². The lowest BCUT2D eigenvalue weighted by Gasteiger charge is -2.12. The number of hydrogen-bond donors (Lipinski definition) is 0. The third kappa shape index (κ3) is 4.93. The lowest BCUT2D eigenvalue weighted by Crippen LogP contribution is -2.23. The molecule has 1 atom stereocenters.